The number of carbonyl (C=O) groups is 1. The highest BCUT2D eigenvalue weighted by molar-refractivity contribution is 5.83. The van der Waals surface area contributed by atoms with Crippen LogP contribution in [0.5, 0.6) is 0 Å². The van der Waals surface area contributed by atoms with Gasteiger partial charge in [0.1, 0.15) is 5.82 Å². The maximum atomic E-state index is 11.8. The third kappa shape index (κ3) is 3.91. The molecule has 2 aromatic carbocycles. The molecule has 0 unspecified atom stereocenters. The quantitative estimate of drug-likeness (QED) is 0.605. The minimum Gasteiger partial charge on any atom is -0.481 e. The first kappa shape index (κ1) is 20.5. The number of anilines is 3. The predicted octanol–water partition coefficient (Wildman–Crippen LogP) is 4.23. The van der Waals surface area contributed by atoms with E-state index in [1.54, 1.807) is 0 Å². The van der Waals surface area contributed by atoms with Crippen molar-refractivity contribution in [2.45, 2.75) is 24.7 Å². The van der Waals surface area contributed by atoms with Crippen LogP contribution in [0.1, 0.15) is 24.8 Å². The van der Waals surface area contributed by atoms with Gasteiger partial charge in [-0.25, -0.2) is 4.98 Å². The molecule has 1 saturated carbocycles. The molecule has 0 radical (unpaired) electrons. The molecule has 32 heavy (non-hydrogen) atoms. The second-order valence-corrected chi connectivity index (χ2v) is 8.35. The second kappa shape index (κ2) is 8.59. The molecule has 0 bridgehead atoms. The molecule has 0 spiro atoms. The van der Waals surface area contributed by atoms with Gasteiger partial charge in [-0.3, -0.25) is 4.79 Å². The summed E-state index contributed by atoms with van der Waals surface area (Å²) >= 11 is 0. The van der Waals surface area contributed by atoms with Crippen LogP contribution in [0.15, 0.2) is 60.7 Å². The zero-order valence-corrected chi connectivity index (χ0v) is 17.8. The van der Waals surface area contributed by atoms with Gasteiger partial charge in [-0.15, -0.1) is 0 Å². The van der Waals surface area contributed by atoms with Crippen LogP contribution in [0.3, 0.4) is 0 Å². The maximum absolute atomic E-state index is 11.8. The normalized spacial score (nSPS) is 17.4. The van der Waals surface area contributed by atoms with E-state index in [0.717, 1.165) is 42.0 Å². The lowest BCUT2D eigenvalue weighted by Crippen LogP contribution is -2.42. The number of rotatable bonds is 6. The third-order valence-corrected chi connectivity index (χ3v) is 6.40. The minimum absolute atomic E-state index is 0.661. The summed E-state index contributed by atoms with van der Waals surface area (Å²) in [7, 11) is 0. The summed E-state index contributed by atoms with van der Waals surface area (Å²) in [6.07, 6.45) is 2.36. The standard InChI is InChI=1S/C25H26N4O3/c30-23(31)25(11-4-12-25)19-7-9-20(10-8-19)26-22-17-21(18-5-2-1-3-6-18)27-24(28-22)29-13-15-32-16-14-29/h1-3,5-10,17H,4,11-16H2,(H,30,31)(H,26,27,28). The van der Waals surface area contributed by atoms with Crippen molar-refractivity contribution in [3.63, 3.8) is 0 Å². The lowest BCUT2D eigenvalue weighted by atomic mass is 9.64. The molecule has 3 aromatic rings. The first-order valence-corrected chi connectivity index (χ1v) is 11.0. The maximum Gasteiger partial charge on any atom is 0.314 e. The zero-order chi connectivity index (χ0) is 22.0. The number of ether oxygens (including phenoxy) is 1. The number of nitrogens with zero attached hydrogens (tertiary/aromatic N) is 3. The van der Waals surface area contributed by atoms with Crippen molar-refractivity contribution >= 4 is 23.4 Å². The van der Waals surface area contributed by atoms with Crippen LogP contribution >= 0.6 is 0 Å². The van der Waals surface area contributed by atoms with Gasteiger partial charge in [0.2, 0.25) is 5.95 Å². The SMILES string of the molecule is O=C(O)C1(c2ccc(Nc3cc(-c4ccccc4)nc(N4CCOCC4)n3)cc2)CCC1. The summed E-state index contributed by atoms with van der Waals surface area (Å²) in [5.74, 6) is 0.640. The van der Waals surface area contributed by atoms with Gasteiger partial charge in [-0.1, -0.05) is 48.9 Å². The van der Waals surface area contributed by atoms with E-state index in [4.69, 9.17) is 14.7 Å². The van der Waals surface area contributed by atoms with Gasteiger partial charge in [0.05, 0.1) is 24.3 Å². The Bertz CT molecular complexity index is 1090. The molecule has 1 aliphatic carbocycles. The molecule has 1 aromatic heterocycles. The monoisotopic (exact) mass is 430 g/mol. The van der Waals surface area contributed by atoms with Crippen molar-refractivity contribution in [3.8, 4) is 11.3 Å². The molecule has 2 aliphatic rings. The van der Waals surface area contributed by atoms with Crippen LogP contribution in [-0.4, -0.2) is 47.3 Å². The molecular formula is C25H26N4O3. The molecule has 2 N–H and O–H groups in total. The van der Waals surface area contributed by atoms with Gasteiger partial charge < -0.3 is 20.1 Å². The Morgan fingerprint density at radius 2 is 1.72 bits per heavy atom. The smallest absolute Gasteiger partial charge is 0.314 e. The fourth-order valence-corrected chi connectivity index (χ4v) is 4.34. The molecule has 7 nitrogen and oxygen atoms in total. The van der Waals surface area contributed by atoms with Crippen molar-refractivity contribution < 1.29 is 14.6 Å². The van der Waals surface area contributed by atoms with E-state index in [1.807, 2.05) is 60.7 Å². The van der Waals surface area contributed by atoms with Crippen LogP contribution in [0.4, 0.5) is 17.5 Å². The molecule has 2 heterocycles. The number of nitrogens with one attached hydrogen (secondary N) is 1. The van der Waals surface area contributed by atoms with Crippen molar-refractivity contribution in [1.82, 2.24) is 9.97 Å². The second-order valence-electron chi connectivity index (χ2n) is 8.35. The lowest BCUT2D eigenvalue weighted by molar-refractivity contribution is -0.147. The van der Waals surface area contributed by atoms with Crippen molar-refractivity contribution in [2.24, 2.45) is 0 Å². The van der Waals surface area contributed by atoms with Crippen LogP contribution in [0, 0.1) is 0 Å². The molecule has 164 valence electrons. The Morgan fingerprint density at radius 3 is 2.34 bits per heavy atom. The van der Waals surface area contributed by atoms with E-state index in [0.29, 0.717) is 37.8 Å². The van der Waals surface area contributed by atoms with Gasteiger partial charge in [0.15, 0.2) is 0 Å². The van der Waals surface area contributed by atoms with E-state index < -0.39 is 11.4 Å². The number of morpholine rings is 1. The van der Waals surface area contributed by atoms with Gasteiger partial charge in [0, 0.05) is 30.4 Å². The molecular weight excluding hydrogens is 404 g/mol. The average Bonchev–Trinajstić information content (AvgIpc) is 2.80. The van der Waals surface area contributed by atoms with E-state index in [2.05, 4.69) is 10.2 Å². The van der Waals surface area contributed by atoms with Crippen molar-refractivity contribution in [3.05, 3.63) is 66.2 Å². The number of benzene rings is 2. The number of aromatic nitrogens is 2. The van der Waals surface area contributed by atoms with Gasteiger partial charge in [-0.05, 0) is 30.5 Å². The van der Waals surface area contributed by atoms with Crippen LogP contribution in [0.25, 0.3) is 11.3 Å². The first-order valence-electron chi connectivity index (χ1n) is 11.0. The molecule has 0 amide bonds. The highest BCUT2D eigenvalue weighted by Crippen LogP contribution is 2.44. The zero-order valence-electron chi connectivity index (χ0n) is 17.8. The molecule has 1 saturated heterocycles. The first-order chi connectivity index (χ1) is 15.6. The van der Waals surface area contributed by atoms with Crippen LogP contribution < -0.4 is 10.2 Å². The highest BCUT2D eigenvalue weighted by atomic mass is 16.5. The van der Waals surface area contributed by atoms with Gasteiger partial charge >= 0.3 is 5.97 Å². The Hall–Kier alpha value is -3.45. The Balaban J connectivity index is 1.44. The molecule has 1 aliphatic heterocycles. The highest BCUT2D eigenvalue weighted by Gasteiger charge is 2.45. The van der Waals surface area contributed by atoms with Crippen LogP contribution in [-0.2, 0) is 14.9 Å². The fraction of sp³-hybridized carbons (Fsp3) is 0.320. The Morgan fingerprint density at radius 1 is 1.00 bits per heavy atom. The fourth-order valence-electron chi connectivity index (χ4n) is 4.34. The average molecular weight is 431 g/mol. The lowest BCUT2D eigenvalue weighted by Gasteiger charge is -2.38. The molecule has 7 heteroatoms. The molecule has 0 atom stereocenters. The van der Waals surface area contributed by atoms with Crippen molar-refractivity contribution in [1.29, 1.82) is 0 Å². The third-order valence-electron chi connectivity index (χ3n) is 6.40. The predicted molar refractivity (Wildman–Crippen MR) is 123 cm³/mol. The van der Waals surface area contributed by atoms with Crippen LogP contribution in [0.2, 0.25) is 0 Å². The summed E-state index contributed by atoms with van der Waals surface area (Å²) in [6.45, 7) is 2.83. The van der Waals surface area contributed by atoms with Gasteiger partial charge in [0.25, 0.3) is 0 Å². The topological polar surface area (TPSA) is 87.6 Å². The van der Waals surface area contributed by atoms with E-state index in [-0.39, 0.29) is 0 Å². The van der Waals surface area contributed by atoms with E-state index >= 15 is 0 Å². The number of hydrogen-bond acceptors (Lipinski definition) is 6. The summed E-state index contributed by atoms with van der Waals surface area (Å²) in [5.41, 5.74) is 2.87. The van der Waals surface area contributed by atoms with E-state index in [1.165, 1.54) is 0 Å². The Kier molecular flexibility index (Phi) is 5.49. The summed E-state index contributed by atoms with van der Waals surface area (Å²) in [6, 6.07) is 19.7. The number of aliphatic carboxylic acids is 1. The minimum atomic E-state index is -0.733. The summed E-state index contributed by atoms with van der Waals surface area (Å²) in [4.78, 5) is 23.5. The Labute approximate surface area is 187 Å². The number of carboxylic acid groups (broad SMARTS) is 1. The largest absolute Gasteiger partial charge is 0.481 e. The number of hydrogen-bond donors (Lipinski definition) is 2. The summed E-state index contributed by atoms with van der Waals surface area (Å²) < 4.78 is 5.48. The van der Waals surface area contributed by atoms with E-state index in [9.17, 15) is 9.90 Å². The molecule has 5 rings (SSSR count). The number of carboxylic acids is 1. The van der Waals surface area contributed by atoms with Gasteiger partial charge in [-0.2, -0.15) is 4.98 Å². The van der Waals surface area contributed by atoms with Crippen molar-refractivity contribution in [2.75, 3.05) is 36.5 Å². The molecule has 2 fully saturated rings. The summed E-state index contributed by atoms with van der Waals surface area (Å²) in [5, 5.41) is 13.1.